The van der Waals surface area contributed by atoms with Crippen LogP contribution in [0.25, 0.3) is 0 Å². The summed E-state index contributed by atoms with van der Waals surface area (Å²) in [4.78, 5) is 31.7. The lowest BCUT2D eigenvalue weighted by Crippen LogP contribution is -2.24. The summed E-state index contributed by atoms with van der Waals surface area (Å²) in [7, 11) is 0. The third-order valence-corrected chi connectivity index (χ3v) is 6.32. The molecule has 2 amide bonds. The molecule has 0 aliphatic rings. The highest BCUT2D eigenvalue weighted by molar-refractivity contribution is 7.14. The average Bonchev–Trinajstić information content (AvgIpc) is 3.29. The largest absolute Gasteiger partial charge is 0.486 e. The molecule has 0 fully saturated rings. The number of aryl methyl sites for hydroxylation is 3. The normalized spacial score (nSPS) is 10.6. The number of hydrogen-bond donors (Lipinski definition) is 1. The summed E-state index contributed by atoms with van der Waals surface area (Å²) in [6.45, 7) is 7.75. The number of anilines is 3. The Balaban J connectivity index is 1.52. The monoisotopic (exact) mass is 485 g/mol. The quantitative estimate of drug-likeness (QED) is 0.321. The number of rotatable bonds is 7. The van der Waals surface area contributed by atoms with Crippen LogP contribution >= 0.6 is 11.3 Å². The molecule has 7 heteroatoms. The Kier molecular flexibility index (Phi) is 7.27. The van der Waals surface area contributed by atoms with Gasteiger partial charge in [-0.3, -0.25) is 14.5 Å². The van der Waals surface area contributed by atoms with Gasteiger partial charge in [0.1, 0.15) is 12.4 Å². The van der Waals surface area contributed by atoms with Gasteiger partial charge in [-0.15, -0.1) is 11.3 Å². The van der Waals surface area contributed by atoms with Gasteiger partial charge in [0.05, 0.1) is 16.9 Å². The molecule has 6 nitrogen and oxygen atoms in total. The third-order valence-electron chi connectivity index (χ3n) is 5.44. The second-order valence-electron chi connectivity index (χ2n) is 8.33. The molecule has 0 saturated heterocycles. The number of nitrogens with one attached hydrogen (secondary N) is 1. The number of benzene rings is 3. The first-order chi connectivity index (χ1) is 16.8. The average molecular weight is 486 g/mol. The van der Waals surface area contributed by atoms with E-state index in [0.717, 1.165) is 22.4 Å². The number of hydrogen-bond acceptors (Lipinski definition) is 5. The lowest BCUT2D eigenvalue weighted by atomic mass is 10.0. The number of nitrogens with zero attached hydrogens (tertiary/aromatic N) is 2. The number of ether oxygens (including phenoxy) is 1. The molecule has 4 rings (SSSR count). The Morgan fingerprint density at radius 2 is 1.63 bits per heavy atom. The molecular weight excluding hydrogens is 458 g/mol. The lowest BCUT2D eigenvalue weighted by Gasteiger charge is -2.23. The zero-order chi connectivity index (χ0) is 24.9. The van der Waals surface area contributed by atoms with E-state index < -0.39 is 0 Å². The third kappa shape index (κ3) is 5.58. The summed E-state index contributed by atoms with van der Waals surface area (Å²) in [6.07, 6.45) is 0. The maximum Gasteiger partial charge on any atom is 0.259 e. The zero-order valence-corrected chi connectivity index (χ0v) is 21.0. The van der Waals surface area contributed by atoms with E-state index >= 15 is 0 Å². The van der Waals surface area contributed by atoms with E-state index in [1.807, 2.05) is 62.5 Å². The lowest BCUT2D eigenvalue weighted by molar-refractivity contribution is -0.115. The summed E-state index contributed by atoms with van der Waals surface area (Å²) in [5.41, 5.74) is 5.86. The molecule has 0 aliphatic carbocycles. The van der Waals surface area contributed by atoms with Crippen LogP contribution in [-0.2, 0) is 11.4 Å². The van der Waals surface area contributed by atoms with E-state index in [9.17, 15) is 9.59 Å². The second kappa shape index (κ2) is 10.5. The number of aromatic nitrogens is 1. The maximum atomic E-state index is 12.8. The summed E-state index contributed by atoms with van der Waals surface area (Å²) in [6, 6.07) is 20.5. The Labute approximate surface area is 209 Å². The van der Waals surface area contributed by atoms with Gasteiger partial charge in [0.25, 0.3) is 5.91 Å². The number of para-hydroxylation sites is 2. The first-order valence-corrected chi connectivity index (χ1v) is 12.1. The first kappa shape index (κ1) is 24.2. The van der Waals surface area contributed by atoms with E-state index in [1.165, 1.54) is 18.3 Å². The predicted octanol–water partition coefficient (Wildman–Crippen LogP) is 6.58. The van der Waals surface area contributed by atoms with Gasteiger partial charge in [-0.25, -0.2) is 4.98 Å². The number of thiazole rings is 1. The van der Waals surface area contributed by atoms with E-state index in [0.29, 0.717) is 27.8 Å². The molecule has 4 aromatic rings. The highest BCUT2D eigenvalue weighted by atomic mass is 32.1. The van der Waals surface area contributed by atoms with Gasteiger partial charge in [0, 0.05) is 18.0 Å². The van der Waals surface area contributed by atoms with Crippen LogP contribution in [0.3, 0.4) is 0 Å². The number of carbonyl (C=O) groups is 2. The van der Waals surface area contributed by atoms with Crippen LogP contribution in [0.15, 0.2) is 72.1 Å². The van der Waals surface area contributed by atoms with Gasteiger partial charge in [-0.05, 0) is 56.2 Å². The molecular formula is C28H27N3O3S. The molecule has 0 atom stereocenters. The minimum atomic E-state index is -0.251. The maximum absolute atomic E-state index is 12.8. The Morgan fingerprint density at radius 3 is 2.31 bits per heavy atom. The van der Waals surface area contributed by atoms with Crippen molar-refractivity contribution in [1.29, 1.82) is 0 Å². The van der Waals surface area contributed by atoms with Crippen molar-refractivity contribution >= 4 is 39.7 Å². The van der Waals surface area contributed by atoms with Crippen molar-refractivity contribution in [3.63, 3.8) is 0 Å². The fourth-order valence-corrected chi connectivity index (χ4v) is 4.89. The second-order valence-corrected chi connectivity index (χ2v) is 9.16. The van der Waals surface area contributed by atoms with E-state index in [4.69, 9.17) is 4.74 Å². The molecule has 1 heterocycles. The van der Waals surface area contributed by atoms with Gasteiger partial charge >= 0.3 is 0 Å². The molecule has 3 aromatic carbocycles. The fraction of sp³-hybridized carbons (Fsp3) is 0.179. The molecule has 1 N–H and O–H groups in total. The Morgan fingerprint density at radius 1 is 0.971 bits per heavy atom. The van der Waals surface area contributed by atoms with Crippen LogP contribution in [0.1, 0.15) is 39.7 Å². The summed E-state index contributed by atoms with van der Waals surface area (Å²) in [5, 5.41) is 5.34. The molecule has 0 unspecified atom stereocenters. The fourth-order valence-electron chi connectivity index (χ4n) is 4.03. The SMILES string of the molecule is CC(=O)N(c1nc(COc2ccccc2C(=O)Nc2ccccc2)cs1)c1c(C)cc(C)cc1C. The van der Waals surface area contributed by atoms with Crippen LogP contribution in [0.4, 0.5) is 16.5 Å². The van der Waals surface area contributed by atoms with Crippen molar-refractivity contribution in [2.24, 2.45) is 0 Å². The van der Waals surface area contributed by atoms with Crippen LogP contribution in [0.5, 0.6) is 5.75 Å². The van der Waals surface area contributed by atoms with E-state index in [2.05, 4.69) is 22.4 Å². The predicted molar refractivity (Wildman–Crippen MR) is 141 cm³/mol. The van der Waals surface area contributed by atoms with Crippen molar-refractivity contribution < 1.29 is 14.3 Å². The zero-order valence-electron chi connectivity index (χ0n) is 20.2. The topological polar surface area (TPSA) is 71.5 Å². The molecule has 0 spiro atoms. The van der Waals surface area contributed by atoms with Crippen LogP contribution in [-0.4, -0.2) is 16.8 Å². The van der Waals surface area contributed by atoms with Crippen molar-refractivity contribution in [1.82, 2.24) is 4.98 Å². The summed E-state index contributed by atoms with van der Waals surface area (Å²) >= 11 is 1.38. The van der Waals surface area contributed by atoms with Crippen molar-refractivity contribution in [3.8, 4) is 5.75 Å². The van der Waals surface area contributed by atoms with Gasteiger partial charge in [-0.1, -0.05) is 48.0 Å². The number of carbonyl (C=O) groups excluding carboxylic acids is 2. The van der Waals surface area contributed by atoms with Gasteiger partial charge in [0.2, 0.25) is 5.91 Å². The van der Waals surface area contributed by atoms with Crippen molar-refractivity contribution in [2.75, 3.05) is 10.2 Å². The molecule has 0 saturated carbocycles. The first-order valence-electron chi connectivity index (χ1n) is 11.2. The van der Waals surface area contributed by atoms with Crippen LogP contribution < -0.4 is 15.0 Å². The van der Waals surface area contributed by atoms with Crippen LogP contribution in [0.2, 0.25) is 0 Å². The molecule has 0 aliphatic heterocycles. The molecule has 0 bridgehead atoms. The summed E-state index contributed by atoms with van der Waals surface area (Å²) < 4.78 is 5.98. The van der Waals surface area contributed by atoms with E-state index in [-0.39, 0.29) is 18.4 Å². The Hall–Kier alpha value is -3.97. The highest BCUT2D eigenvalue weighted by Gasteiger charge is 2.22. The molecule has 178 valence electrons. The van der Waals surface area contributed by atoms with Gasteiger partial charge < -0.3 is 10.1 Å². The molecule has 1 aromatic heterocycles. The highest BCUT2D eigenvalue weighted by Crippen LogP contribution is 2.34. The Bertz CT molecular complexity index is 1340. The standard InChI is InChI=1S/C28H27N3O3S/c1-18-14-19(2)26(20(3)15-18)31(21(4)32)28-30-23(17-35-28)16-34-25-13-9-8-12-24(25)27(33)29-22-10-6-5-7-11-22/h5-15,17H,16H2,1-4H3,(H,29,33). The van der Waals surface area contributed by atoms with E-state index in [1.54, 1.807) is 23.1 Å². The van der Waals surface area contributed by atoms with Gasteiger partial charge in [0.15, 0.2) is 5.13 Å². The molecule has 0 radical (unpaired) electrons. The minimum Gasteiger partial charge on any atom is -0.486 e. The van der Waals surface area contributed by atoms with Gasteiger partial charge in [-0.2, -0.15) is 0 Å². The summed E-state index contributed by atoms with van der Waals surface area (Å²) in [5.74, 6) is 0.104. The number of amides is 2. The van der Waals surface area contributed by atoms with Crippen molar-refractivity contribution in [2.45, 2.75) is 34.3 Å². The van der Waals surface area contributed by atoms with Crippen LogP contribution in [0, 0.1) is 20.8 Å². The smallest absolute Gasteiger partial charge is 0.259 e. The van der Waals surface area contributed by atoms with Crippen molar-refractivity contribution in [3.05, 3.63) is 100 Å². The molecule has 35 heavy (non-hydrogen) atoms. The minimum absolute atomic E-state index is 0.107.